The number of ether oxygens (including phenoxy) is 1. The summed E-state index contributed by atoms with van der Waals surface area (Å²) in [5, 5.41) is 3.77. The number of aryl methyl sites for hydroxylation is 2. The highest BCUT2D eigenvalue weighted by Gasteiger charge is 2.19. The Morgan fingerprint density at radius 1 is 1.36 bits per heavy atom. The minimum absolute atomic E-state index is 0.166. The lowest BCUT2D eigenvalue weighted by atomic mass is 10.1. The van der Waals surface area contributed by atoms with Gasteiger partial charge in [-0.3, -0.25) is 13.9 Å². The normalized spacial score (nSPS) is 18.0. The van der Waals surface area contributed by atoms with Crippen molar-refractivity contribution in [2.45, 2.75) is 25.9 Å². The molecule has 0 radical (unpaired) electrons. The van der Waals surface area contributed by atoms with Gasteiger partial charge in [-0.15, -0.1) is 0 Å². The Bertz CT molecular complexity index is 831. The number of anilines is 1. The van der Waals surface area contributed by atoms with Crippen LogP contribution in [0.5, 0.6) is 0 Å². The summed E-state index contributed by atoms with van der Waals surface area (Å²) in [5.41, 5.74) is 1.30. The van der Waals surface area contributed by atoms with Crippen molar-refractivity contribution in [2.24, 2.45) is 14.1 Å². The van der Waals surface area contributed by atoms with E-state index in [1.54, 1.807) is 13.2 Å². The van der Waals surface area contributed by atoms with E-state index >= 15 is 0 Å². The van der Waals surface area contributed by atoms with Crippen molar-refractivity contribution in [2.75, 3.05) is 18.5 Å². The number of pyridine rings is 1. The summed E-state index contributed by atoms with van der Waals surface area (Å²) in [5.74, 6) is 0. The molecule has 22 heavy (non-hydrogen) atoms. The van der Waals surface area contributed by atoms with Crippen LogP contribution in [0.1, 0.15) is 18.4 Å². The largest absolute Gasteiger partial charge is 0.381 e. The van der Waals surface area contributed by atoms with Gasteiger partial charge >= 0.3 is 5.69 Å². The molecule has 3 rings (SSSR count). The second kappa shape index (κ2) is 5.57. The highest BCUT2D eigenvalue weighted by atomic mass is 16.5. The van der Waals surface area contributed by atoms with Crippen molar-refractivity contribution in [3.63, 3.8) is 0 Å². The first-order chi connectivity index (χ1) is 10.5. The van der Waals surface area contributed by atoms with E-state index in [2.05, 4.69) is 10.3 Å². The molecule has 1 N–H and O–H groups in total. The van der Waals surface area contributed by atoms with E-state index in [0.717, 1.165) is 35.3 Å². The van der Waals surface area contributed by atoms with Crippen LogP contribution >= 0.6 is 0 Å². The number of fused-ring (bicyclic) bond motifs is 1. The van der Waals surface area contributed by atoms with Gasteiger partial charge in [-0.1, -0.05) is 0 Å². The van der Waals surface area contributed by atoms with Gasteiger partial charge in [0, 0.05) is 33.4 Å². The number of hydrogen-bond acceptors (Lipinski definition) is 5. The molecule has 0 amide bonds. The van der Waals surface area contributed by atoms with Crippen LogP contribution in [0.25, 0.3) is 11.0 Å². The van der Waals surface area contributed by atoms with E-state index in [1.165, 1.54) is 11.6 Å². The van der Waals surface area contributed by atoms with Gasteiger partial charge in [-0.05, 0) is 25.3 Å². The van der Waals surface area contributed by atoms with Crippen LogP contribution in [0, 0.1) is 6.92 Å². The lowest BCUT2D eigenvalue weighted by Crippen LogP contribution is -2.37. The Hall–Kier alpha value is -2.15. The monoisotopic (exact) mass is 304 g/mol. The molecule has 0 aromatic carbocycles. The van der Waals surface area contributed by atoms with Crippen LogP contribution in [0.2, 0.25) is 0 Å². The maximum Gasteiger partial charge on any atom is 0.332 e. The maximum absolute atomic E-state index is 12.5. The van der Waals surface area contributed by atoms with Crippen molar-refractivity contribution in [1.82, 2.24) is 14.1 Å². The van der Waals surface area contributed by atoms with Crippen LogP contribution in [0.3, 0.4) is 0 Å². The van der Waals surface area contributed by atoms with Gasteiger partial charge in [-0.2, -0.15) is 0 Å². The molecule has 0 aliphatic carbocycles. The Kier molecular flexibility index (Phi) is 3.74. The van der Waals surface area contributed by atoms with Crippen molar-refractivity contribution >= 4 is 16.7 Å². The first-order valence-electron chi connectivity index (χ1n) is 7.41. The van der Waals surface area contributed by atoms with Gasteiger partial charge in [0.1, 0.15) is 5.39 Å². The van der Waals surface area contributed by atoms with Crippen LogP contribution in [0.4, 0.5) is 5.69 Å². The van der Waals surface area contributed by atoms with Crippen molar-refractivity contribution < 1.29 is 4.74 Å². The maximum atomic E-state index is 12.5. The summed E-state index contributed by atoms with van der Waals surface area (Å²) in [6.45, 7) is 3.33. The van der Waals surface area contributed by atoms with Crippen molar-refractivity contribution in [3.05, 3.63) is 32.6 Å². The van der Waals surface area contributed by atoms with Crippen LogP contribution in [0.15, 0.2) is 15.8 Å². The quantitative estimate of drug-likeness (QED) is 0.895. The third kappa shape index (κ3) is 2.31. The Morgan fingerprint density at radius 2 is 2.14 bits per heavy atom. The molecule has 1 aliphatic rings. The minimum Gasteiger partial charge on any atom is -0.381 e. The number of rotatable bonds is 3. The van der Waals surface area contributed by atoms with E-state index in [0.29, 0.717) is 17.6 Å². The SMILES string of the molecule is Cc1cnc2c(c1NCC1CCCO1)c(=O)n(C)c(=O)n2C. The van der Waals surface area contributed by atoms with Crippen molar-refractivity contribution in [1.29, 1.82) is 0 Å². The predicted molar refractivity (Wildman–Crippen MR) is 84.4 cm³/mol. The molecular weight excluding hydrogens is 284 g/mol. The second-order valence-corrected chi connectivity index (χ2v) is 5.74. The third-order valence-corrected chi connectivity index (χ3v) is 4.19. The fourth-order valence-corrected chi connectivity index (χ4v) is 2.87. The lowest BCUT2D eigenvalue weighted by Gasteiger charge is -2.16. The number of aromatic nitrogens is 3. The van der Waals surface area contributed by atoms with Gasteiger partial charge in [0.15, 0.2) is 5.65 Å². The fourth-order valence-electron chi connectivity index (χ4n) is 2.87. The first kappa shape index (κ1) is 14.8. The Labute approximate surface area is 127 Å². The zero-order valence-corrected chi connectivity index (χ0v) is 13.0. The zero-order valence-electron chi connectivity index (χ0n) is 13.0. The zero-order chi connectivity index (χ0) is 15.9. The topological polar surface area (TPSA) is 78.2 Å². The molecule has 0 bridgehead atoms. The molecule has 2 aromatic rings. The molecule has 118 valence electrons. The summed E-state index contributed by atoms with van der Waals surface area (Å²) in [6, 6.07) is 0. The predicted octanol–water partition coefficient (Wildman–Crippen LogP) is 0.532. The van der Waals surface area contributed by atoms with Crippen molar-refractivity contribution in [3.8, 4) is 0 Å². The fraction of sp³-hybridized carbons (Fsp3) is 0.533. The number of hydrogen-bond donors (Lipinski definition) is 1. The van der Waals surface area contributed by atoms with E-state index in [4.69, 9.17) is 4.74 Å². The summed E-state index contributed by atoms with van der Waals surface area (Å²) < 4.78 is 8.11. The van der Waals surface area contributed by atoms with Gasteiger partial charge in [0.25, 0.3) is 5.56 Å². The smallest absolute Gasteiger partial charge is 0.332 e. The number of nitrogens with zero attached hydrogens (tertiary/aromatic N) is 3. The van der Waals surface area contributed by atoms with Gasteiger partial charge in [0.05, 0.1) is 11.8 Å². The standard InChI is InChI=1S/C15H20N4O3/c1-9-7-17-13-11(14(20)19(3)15(21)18(13)2)12(9)16-8-10-5-4-6-22-10/h7,10H,4-6,8H2,1-3H3,(H,16,17). The molecule has 7 heteroatoms. The molecular formula is C15H20N4O3. The second-order valence-electron chi connectivity index (χ2n) is 5.74. The molecule has 1 aliphatic heterocycles. The Morgan fingerprint density at radius 3 is 2.82 bits per heavy atom. The van der Waals surface area contributed by atoms with Gasteiger partial charge in [-0.25, -0.2) is 9.78 Å². The van der Waals surface area contributed by atoms with Crippen LogP contribution < -0.4 is 16.6 Å². The molecule has 1 saturated heterocycles. The average molecular weight is 304 g/mol. The third-order valence-electron chi connectivity index (χ3n) is 4.19. The molecule has 1 atom stereocenters. The van der Waals surface area contributed by atoms with E-state index in [9.17, 15) is 9.59 Å². The molecule has 0 saturated carbocycles. The van der Waals surface area contributed by atoms with Gasteiger partial charge in [0.2, 0.25) is 0 Å². The lowest BCUT2D eigenvalue weighted by molar-refractivity contribution is 0.120. The highest BCUT2D eigenvalue weighted by Crippen LogP contribution is 2.22. The molecule has 3 heterocycles. The van der Waals surface area contributed by atoms with E-state index < -0.39 is 0 Å². The highest BCUT2D eigenvalue weighted by molar-refractivity contribution is 5.89. The van der Waals surface area contributed by atoms with Gasteiger partial charge < -0.3 is 10.1 Å². The minimum atomic E-state index is -0.376. The van der Waals surface area contributed by atoms with Crippen LogP contribution in [-0.4, -0.2) is 33.4 Å². The molecule has 2 aromatic heterocycles. The number of nitrogens with one attached hydrogen (secondary N) is 1. The molecule has 7 nitrogen and oxygen atoms in total. The molecule has 1 unspecified atom stereocenters. The Balaban J connectivity index is 2.13. The van der Waals surface area contributed by atoms with Crippen LogP contribution in [-0.2, 0) is 18.8 Å². The summed E-state index contributed by atoms with van der Waals surface area (Å²) in [4.78, 5) is 28.8. The summed E-state index contributed by atoms with van der Waals surface area (Å²) >= 11 is 0. The molecule has 0 spiro atoms. The summed E-state index contributed by atoms with van der Waals surface area (Å²) in [6.07, 6.45) is 3.93. The average Bonchev–Trinajstić information content (AvgIpc) is 3.02. The van der Waals surface area contributed by atoms with E-state index in [-0.39, 0.29) is 17.4 Å². The van der Waals surface area contributed by atoms with E-state index in [1.807, 2.05) is 6.92 Å². The first-order valence-corrected chi connectivity index (χ1v) is 7.41. The molecule has 1 fully saturated rings. The summed E-state index contributed by atoms with van der Waals surface area (Å²) in [7, 11) is 3.10.